The molecule has 2 aliphatic rings. The predicted molar refractivity (Wildman–Crippen MR) is 83.9 cm³/mol. The van der Waals surface area contributed by atoms with Gasteiger partial charge < -0.3 is 10.2 Å². The number of carbonyl (C=O) groups excluding carboxylic acids is 2. The van der Waals surface area contributed by atoms with Gasteiger partial charge in [0.1, 0.15) is 5.54 Å². The Balaban J connectivity index is 2.09. The van der Waals surface area contributed by atoms with Crippen LogP contribution in [0.2, 0.25) is 0 Å². The topological polar surface area (TPSA) is 49.4 Å². The van der Waals surface area contributed by atoms with Crippen molar-refractivity contribution in [3.05, 3.63) is 0 Å². The zero-order chi connectivity index (χ0) is 15.3. The monoisotopic (exact) mass is 294 g/mol. The average molecular weight is 294 g/mol. The first kappa shape index (κ1) is 16.3. The highest BCUT2D eigenvalue weighted by Crippen LogP contribution is 2.32. The summed E-state index contributed by atoms with van der Waals surface area (Å²) in [5.41, 5.74) is -0.592. The Morgan fingerprint density at radius 3 is 2.57 bits per heavy atom. The van der Waals surface area contributed by atoms with Crippen LogP contribution in [0.3, 0.4) is 0 Å². The summed E-state index contributed by atoms with van der Waals surface area (Å²) in [6, 6.07) is 0.246. The van der Waals surface area contributed by atoms with E-state index >= 15 is 0 Å². The molecule has 1 saturated carbocycles. The summed E-state index contributed by atoms with van der Waals surface area (Å²) in [5.74, 6) is 0.227. The van der Waals surface area contributed by atoms with Crippen LogP contribution in [0.5, 0.6) is 0 Å². The molecular weight excluding hydrogens is 264 g/mol. The maximum Gasteiger partial charge on any atom is 0.248 e. The minimum absolute atomic E-state index is 0.0495. The summed E-state index contributed by atoms with van der Waals surface area (Å²) >= 11 is 0. The highest BCUT2D eigenvalue weighted by molar-refractivity contribution is 5.93. The lowest BCUT2D eigenvalue weighted by molar-refractivity contribution is -0.142. The van der Waals surface area contributed by atoms with Crippen LogP contribution in [-0.4, -0.2) is 34.8 Å². The lowest BCUT2D eigenvalue weighted by atomic mass is 9.80. The van der Waals surface area contributed by atoms with Crippen LogP contribution in [0.1, 0.15) is 78.1 Å². The van der Waals surface area contributed by atoms with Crippen LogP contribution in [0.25, 0.3) is 0 Å². The fourth-order valence-electron chi connectivity index (χ4n) is 3.74. The molecular formula is C17H30N2O2. The lowest BCUT2D eigenvalue weighted by Crippen LogP contribution is -2.59. The van der Waals surface area contributed by atoms with Gasteiger partial charge in [0.05, 0.1) is 0 Å². The number of rotatable bonds is 5. The number of hydrogen-bond acceptors (Lipinski definition) is 2. The molecule has 21 heavy (non-hydrogen) atoms. The van der Waals surface area contributed by atoms with Gasteiger partial charge in [-0.25, -0.2) is 0 Å². The number of hydrogen-bond donors (Lipinski definition) is 1. The highest BCUT2D eigenvalue weighted by atomic mass is 16.2. The summed E-state index contributed by atoms with van der Waals surface area (Å²) in [6.45, 7) is 4.92. The van der Waals surface area contributed by atoms with Crippen LogP contribution in [0.15, 0.2) is 0 Å². The maximum atomic E-state index is 13.1. The standard InChI is InChI=1S/C17H30N2O2/c1-3-4-6-9-14(2)19-13-10-15(20)18-17(16(19)21)11-7-5-8-12-17/h14H,3-13H2,1-2H3,(H,18,20). The van der Waals surface area contributed by atoms with Gasteiger partial charge in [-0.2, -0.15) is 0 Å². The number of amides is 2. The number of unbranched alkanes of at least 4 members (excludes halogenated alkanes) is 2. The minimum atomic E-state index is -0.592. The molecule has 2 fully saturated rings. The molecule has 4 nitrogen and oxygen atoms in total. The van der Waals surface area contributed by atoms with E-state index < -0.39 is 5.54 Å². The first-order chi connectivity index (χ1) is 10.1. The Morgan fingerprint density at radius 2 is 1.90 bits per heavy atom. The second kappa shape index (κ2) is 7.28. The van der Waals surface area contributed by atoms with Gasteiger partial charge in [-0.05, 0) is 26.2 Å². The van der Waals surface area contributed by atoms with Crippen molar-refractivity contribution in [2.24, 2.45) is 0 Å². The van der Waals surface area contributed by atoms with E-state index in [-0.39, 0.29) is 17.9 Å². The van der Waals surface area contributed by atoms with Crippen LogP contribution >= 0.6 is 0 Å². The second-order valence-electron chi connectivity index (χ2n) is 6.78. The molecule has 2 rings (SSSR count). The molecule has 120 valence electrons. The molecule has 0 aromatic carbocycles. The van der Waals surface area contributed by atoms with Crippen LogP contribution in [-0.2, 0) is 9.59 Å². The van der Waals surface area contributed by atoms with Crippen molar-refractivity contribution in [2.45, 2.75) is 89.6 Å². The predicted octanol–water partition coefficient (Wildman–Crippen LogP) is 3.01. The highest BCUT2D eigenvalue weighted by Gasteiger charge is 2.45. The molecule has 1 spiro atoms. The molecule has 1 aliphatic heterocycles. The molecule has 1 unspecified atom stereocenters. The van der Waals surface area contributed by atoms with E-state index in [1.165, 1.54) is 19.3 Å². The maximum absolute atomic E-state index is 13.1. The minimum Gasteiger partial charge on any atom is -0.342 e. The normalized spacial score (nSPS) is 23.8. The third-order valence-electron chi connectivity index (χ3n) is 5.09. The molecule has 4 heteroatoms. The van der Waals surface area contributed by atoms with E-state index in [1.54, 1.807) is 0 Å². The summed E-state index contributed by atoms with van der Waals surface area (Å²) in [6.07, 6.45) is 9.97. The van der Waals surface area contributed by atoms with Crippen molar-refractivity contribution >= 4 is 11.8 Å². The largest absolute Gasteiger partial charge is 0.342 e. The summed E-state index contributed by atoms with van der Waals surface area (Å²) < 4.78 is 0. The fourth-order valence-corrected chi connectivity index (χ4v) is 3.74. The van der Waals surface area contributed by atoms with E-state index in [1.807, 2.05) is 4.90 Å². The molecule has 0 radical (unpaired) electrons. The second-order valence-corrected chi connectivity index (χ2v) is 6.78. The van der Waals surface area contributed by atoms with Crippen molar-refractivity contribution in [3.8, 4) is 0 Å². The molecule has 0 aromatic heterocycles. The van der Waals surface area contributed by atoms with E-state index in [0.717, 1.165) is 38.5 Å². The van der Waals surface area contributed by atoms with Crippen molar-refractivity contribution in [1.29, 1.82) is 0 Å². The van der Waals surface area contributed by atoms with Gasteiger partial charge in [-0.3, -0.25) is 9.59 Å². The van der Waals surface area contributed by atoms with E-state index in [2.05, 4.69) is 19.2 Å². The SMILES string of the molecule is CCCCCC(C)N1CCC(=O)NC2(CCCCC2)C1=O. The Kier molecular flexibility index (Phi) is 5.65. The third kappa shape index (κ3) is 3.78. The summed E-state index contributed by atoms with van der Waals surface area (Å²) in [7, 11) is 0. The molecule has 0 bridgehead atoms. The molecule has 1 heterocycles. The zero-order valence-corrected chi connectivity index (χ0v) is 13.6. The molecule has 1 saturated heterocycles. The van der Waals surface area contributed by atoms with Crippen LogP contribution in [0, 0.1) is 0 Å². The van der Waals surface area contributed by atoms with Gasteiger partial charge in [0, 0.05) is 19.0 Å². The number of nitrogens with zero attached hydrogens (tertiary/aromatic N) is 1. The summed E-state index contributed by atoms with van der Waals surface area (Å²) in [5, 5.41) is 3.07. The Labute approximate surface area is 128 Å². The van der Waals surface area contributed by atoms with Crippen molar-refractivity contribution in [1.82, 2.24) is 10.2 Å². The smallest absolute Gasteiger partial charge is 0.248 e. The van der Waals surface area contributed by atoms with Gasteiger partial charge in [-0.1, -0.05) is 45.4 Å². The van der Waals surface area contributed by atoms with E-state index in [4.69, 9.17) is 0 Å². The number of carbonyl (C=O) groups is 2. The van der Waals surface area contributed by atoms with Crippen molar-refractivity contribution in [2.75, 3.05) is 6.54 Å². The first-order valence-electron chi connectivity index (χ1n) is 8.71. The zero-order valence-electron chi connectivity index (χ0n) is 13.6. The fraction of sp³-hybridized carbons (Fsp3) is 0.882. The lowest BCUT2D eigenvalue weighted by Gasteiger charge is -2.40. The molecule has 2 amide bonds. The van der Waals surface area contributed by atoms with Crippen molar-refractivity contribution < 1.29 is 9.59 Å². The van der Waals surface area contributed by atoms with Crippen LogP contribution in [0.4, 0.5) is 0 Å². The Morgan fingerprint density at radius 1 is 1.19 bits per heavy atom. The number of nitrogens with one attached hydrogen (secondary N) is 1. The summed E-state index contributed by atoms with van der Waals surface area (Å²) in [4.78, 5) is 27.1. The molecule has 1 atom stereocenters. The van der Waals surface area contributed by atoms with Gasteiger partial charge in [0.25, 0.3) is 0 Å². The average Bonchev–Trinajstić information content (AvgIpc) is 2.58. The van der Waals surface area contributed by atoms with Gasteiger partial charge in [0.15, 0.2) is 0 Å². The van der Waals surface area contributed by atoms with Crippen molar-refractivity contribution in [3.63, 3.8) is 0 Å². The molecule has 1 N–H and O–H groups in total. The van der Waals surface area contributed by atoms with Gasteiger partial charge >= 0.3 is 0 Å². The van der Waals surface area contributed by atoms with E-state index in [0.29, 0.717) is 13.0 Å². The van der Waals surface area contributed by atoms with Crippen LogP contribution < -0.4 is 5.32 Å². The first-order valence-corrected chi connectivity index (χ1v) is 8.71. The third-order valence-corrected chi connectivity index (χ3v) is 5.09. The van der Waals surface area contributed by atoms with Gasteiger partial charge in [-0.15, -0.1) is 0 Å². The molecule has 0 aromatic rings. The molecule has 1 aliphatic carbocycles. The van der Waals surface area contributed by atoms with Gasteiger partial charge in [0.2, 0.25) is 11.8 Å². The quantitative estimate of drug-likeness (QED) is 0.792. The Hall–Kier alpha value is -1.06. The Bertz CT molecular complexity index is 375. The van der Waals surface area contributed by atoms with E-state index in [9.17, 15) is 9.59 Å².